The molecule has 0 atom stereocenters. The Bertz CT molecular complexity index is 399. The summed E-state index contributed by atoms with van der Waals surface area (Å²) >= 11 is 0. The zero-order valence-electron chi connectivity index (χ0n) is 7.71. The molecule has 0 heterocycles. The second-order valence-corrected chi connectivity index (χ2v) is 2.77. The second-order valence-electron chi connectivity index (χ2n) is 2.77. The molecule has 0 aliphatic carbocycles. The van der Waals surface area contributed by atoms with Crippen molar-refractivity contribution in [1.29, 1.82) is 5.26 Å². The van der Waals surface area contributed by atoms with Gasteiger partial charge in [-0.3, -0.25) is 4.79 Å². The molecule has 1 rings (SSSR count). The molecule has 0 aliphatic heterocycles. The molecule has 78 valence electrons. The van der Waals surface area contributed by atoms with Gasteiger partial charge in [-0.15, -0.1) is 0 Å². The van der Waals surface area contributed by atoms with Gasteiger partial charge in [0.2, 0.25) is 5.91 Å². The Morgan fingerprint density at radius 3 is 2.73 bits per heavy atom. The lowest BCUT2D eigenvalue weighted by molar-refractivity contribution is -0.115. The van der Waals surface area contributed by atoms with Gasteiger partial charge in [-0.25, -0.2) is 8.78 Å². The third kappa shape index (κ3) is 3.02. The van der Waals surface area contributed by atoms with Crippen LogP contribution in [0.3, 0.4) is 0 Å². The van der Waals surface area contributed by atoms with Crippen LogP contribution in [0.25, 0.3) is 0 Å². The fourth-order valence-corrected chi connectivity index (χ4v) is 1.07. The first-order valence-corrected chi connectivity index (χ1v) is 4.19. The summed E-state index contributed by atoms with van der Waals surface area (Å²) in [7, 11) is 0. The third-order valence-electron chi connectivity index (χ3n) is 1.71. The van der Waals surface area contributed by atoms with Crippen LogP contribution in [0.15, 0.2) is 24.3 Å². The minimum atomic E-state index is -2.65. The molecule has 0 fully saturated rings. The van der Waals surface area contributed by atoms with E-state index >= 15 is 0 Å². The third-order valence-corrected chi connectivity index (χ3v) is 1.71. The molecule has 0 saturated heterocycles. The maximum absolute atomic E-state index is 12.4. The van der Waals surface area contributed by atoms with E-state index in [9.17, 15) is 13.6 Å². The van der Waals surface area contributed by atoms with Gasteiger partial charge in [-0.05, 0) is 6.07 Å². The number of hydrogen-bond donors (Lipinski definition) is 1. The van der Waals surface area contributed by atoms with Crippen LogP contribution >= 0.6 is 0 Å². The van der Waals surface area contributed by atoms with Crippen molar-refractivity contribution in [2.24, 2.45) is 0 Å². The molecule has 5 heteroatoms. The molecule has 0 radical (unpaired) electrons. The zero-order chi connectivity index (χ0) is 11.3. The van der Waals surface area contributed by atoms with Crippen LogP contribution in [0, 0.1) is 11.3 Å². The van der Waals surface area contributed by atoms with Crippen LogP contribution < -0.4 is 5.32 Å². The standard InChI is InChI=1S/C10H8F2N2O/c11-10(12)7-3-1-2-4-8(7)14-9(15)5-6-13/h1-4,10H,5H2,(H,14,15). The first-order chi connectivity index (χ1) is 7.15. The molecule has 0 saturated carbocycles. The summed E-state index contributed by atoms with van der Waals surface area (Å²) in [5.41, 5.74) is -0.198. The molecule has 0 bridgehead atoms. The van der Waals surface area contributed by atoms with Gasteiger partial charge in [0.25, 0.3) is 6.43 Å². The lowest BCUT2D eigenvalue weighted by Gasteiger charge is -2.08. The number of anilines is 1. The van der Waals surface area contributed by atoms with Crippen molar-refractivity contribution in [3.8, 4) is 6.07 Å². The van der Waals surface area contributed by atoms with E-state index in [1.807, 2.05) is 0 Å². The number of para-hydroxylation sites is 1. The Kier molecular flexibility index (Phi) is 3.75. The van der Waals surface area contributed by atoms with Gasteiger partial charge in [0.05, 0.1) is 6.07 Å². The molecule has 1 N–H and O–H groups in total. The fraction of sp³-hybridized carbons (Fsp3) is 0.200. The number of benzene rings is 1. The van der Waals surface area contributed by atoms with Gasteiger partial charge < -0.3 is 5.32 Å². The van der Waals surface area contributed by atoms with E-state index in [1.165, 1.54) is 24.3 Å². The molecule has 1 amide bonds. The van der Waals surface area contributed by atoms with E-state index in [4.69, 9.17) is 5.26 Å². The number of alkyl halides is 2. The summed E-state index contributed by atoms with van der Waals surface area (Å²) in [6.07, 6.45) is -3.00. The van der Waals surface area contributed by atoms with E-state index in [1.54, 1.807) is 6.07 Å². The lowest BCUT2D eigenvalue weighted by Crippen LogP contribution is -2.11. The smallest absolute Gasteiger partial charge is 0.265 e. The summed E-state index contributed by atoms with van der Waals surface area (Å²) in [6, 6.07) is 7.23. The van der Waals surface area contributed by atoms with Crippen LogP contribution in [0.4, 0.5) is 14.5 Å². The zero-order valence-corrected chi connectivity index (χ0v) is 7.71. The molecular formula is C10H8F2N2O. The number of nitrogens with one attached hydrogen (secondary N) is 1. The Labute approximate surface area is 85.3 Å². The Hall–Kier alpha value is -1.96. The van der Waals surface area contributed by atoms with Crippen molar-refractivity contribution in [3.63, 3.8) is 0 Å². The minimum Gasteiger partial charge on any atom is -0.325 e. The van der Waals surface area contributed by atoms with E-state index in [0.29, 0.717) is 0 Å². The minimum absolute atomic E-state index is 0.0488. The van der Waals surface area contributed by atoms with Gasteiger partial charge in [-0.2, -0.15) is 5.26 Å². The molecule has 1 aromatic carbocycles. The van der Waals surface area contributed by atoms with E-state index in [2.05, 4.69) is 5.32 Å². The highest BCUT2D eigenvalue weighted by Crippen LogP contribution is 2.26. The van der Waals surface area contributed by atoms with Gasteiger partial charge >= 0.3 is 0 Å². The van der Waals surface area contributed by atoms with Crippen LogP contribution in [0.1, 0.15) is 18.4 Å². The highest BCUT2D eigenvalue weighted by atomic mass is 19.3. The van der Waals surface area contributed by atoms with Crippen LogP contribution in [0.2, 0.25) is 0 Å². The monoisotopic (exact) mass is 210 g/mol. The highest BCUT2D eigenvalue weighted by molar-refractivity contribution is 5.92. The summed E-state index contributed by atoms with van der Waals surface area (Å²) in [4.78, 5) is 11.0. The molecular weight excluding hydrogens is 202 g/mol. The highest BCUT2D eigenvalue weighted by Gasteiger charge is 2.13. The number of nitriles is 1. The van der Waals surface area contributed by atoms with Crippen molar-refractivity contribution in [3.05, 3.63) is 29.8 Å². The van der Waals surface area contributed by atoms with Crippen molar-refractivity contribution in [2.45, 2.75) is 12.8 Å². The van der Waals surface area contributed by atoms with Crippen molar-refractivity contribution < 1.29 is 13.6 Å². The summed E-state index contributed by atoms with van der Waals surface area (Å²) in [5, 5.41) is 10.5. The summed E-state index contributed by atoms with van der Waals surface area (Å²) in [5.74, 6) is -0.592. The normalized spacial score (nSPS) is 9.73. The number of amides is 1. The number of nitrogens with zero attached hydrogens (tertiary/aromatic N) is 1. The first kappa shape index (κ1) is 11.1. The molecule has 1 aromatic rings. The van der Waals surface area contributed by atoms with E-state index < -0.39 is 12.3 Å². The lowest BCUT2D eigenvalue weighted by atomic mass is 10.2. The van der Waals surface area contributed by atoms with Crippen molar-refractivity contribution >= 4 is 11.6 Å². The number of halogens is 2. The maximum Gasteiger partial charge on any atom is 0.265 e. The Morgan fingerprint density at radius 1 is 1.47 bits per heavy atom. The number of carbonyl (C=O) groups is 1. The topological polar surface area (TPSA) is 52.9 Å². The molecule has 15 heavy (non-hydrogen) atoms. The Balaban J connectivity index is 2.85. The average molecular weight is 210 g/mol. The second kappa shape index (κ2) is 5.05. The maximum atomic E-state index is 12.4. The predicted octanol–water partition coefficient (Wildman–Crippen LogP) is 2.48. The molecule has 0 aromatic heterocycles. The average Bonchev–Trinajstić information content (AvgIpc) is 2.18. The van der Waals surface area contributed by atoms with Gasteiger partial charge in [0.1, 0.15) is 6.42 Å². The quantitative estimate of drug-likeness (QED) is 0.833. The van der Waals surface area contributed by atoms with Gasteiger partial charge in [0, 0.05) is 11.3 Å². The SMILES string of the molecule is N#CCC(=O)Nc1ccccc1C(F)F. The summed E-state index contributed by atoms with van der Waals surface area (Å²) < 4.78 is 24.9. The summed E-state index contributed by atoms with van der Waals surface area (Å²) in [6.45, 7) is 0. The molecule has 0 aliphatic rings. The largest absolute Gasteiger partial charge is 0.325 e. The molecule has 0 spiro atoms. The van der Waals surface area contributed by atoms with Gasteiger partial charge in [-0.1, -0.05) is 18.2 Å². The molecule has 3 nitrogen and oxygen atoms in total. The molecule has 0 unspecified atom stereocenters. The van der Waals surface area contributed by atoms with E-state index in [-0.39, 0.29) is 17.7 Å². The van der Waals surface area contributed by atoms with Gasteiger partial charge in [0.15, 0.2) is 0 Å². The number of hydrogen-bond acceptors (Lipinski definition) is 2. The van der Waals surface area contributed by atoms with Crippen LogP contribution in [0.5, 0.6) is 0 Å². The van der Waals surface area contributed by atoms with Crippen LogP contribution in [-0.4, -0.2) is 5.91 Å². The van der Waals surface area contributed by atoms with E-state index in [0.717, 1.165) is 0 Å². The fourth-order valence-electron chi connectivity index (χ4n) is 1.07. The van der Waals surface area contributed by atoms with Crippen molar-refractivity contribution in [2.75, 3.05) is 5.32 Å². The number of carbonyl (C=O) groups excluding carboxylic acids is 1. The predicted molar refractivity (Wildman–Crippen MR) is 50.3 cm³/mol. The first-order valence-electron chi connectivity index (χ1n) is 4.19. The van der Waals surface area contributed by atoms with Crippen LogP contribution in [-0.2, 0) is 4.79 Å². The number of rotatable bonds is 3. The van der Waals surface area contributed by atoms with Crippen molar-refractivity contribution in [1.82, 2.24) is 0 Å². The Morgan fingerprint density at radius 2 is 2.13 bits per heavy atom.